The first-order valence-corrected chi connectivity index (χ1v) is 6.52. The van der Waals surface area contributed by atoms with Crippen LogP contribution in [-0.4, -0.2) is 22.5 Å². The van der Waals surface area contributed by atoms with E-state index in [-0.39, 0.29) is 18.1 Å². The minimum Gasteiger partial charge on any atom is -0.480 e. The number of rotatable bonds is 6. The van der Waals surface area contributed by atoms with E-state index in [4.69, 9.17) is 5.11 Å². The van der Waals surface area contributed by atoms with Gasteiger partial charge >= 0.3 is 5.97 Å². The van der Waals surface area contributed by atoms with Crippen molar-refractivity contribution in [1.29, 1.82) is 0 Å². The van der Waals surface area contributed by atoms with Gasteiger partial charge in [0, 0.05) is 6.42 Å². The van der Waals surface area contributed by atoms with Gasteiger partial charge in [0.1, 0.15) is 11.4 Å². The summed E-state index contributed by atoms with van der Waals surface area (Å²) in [6.45, 7) is 4.58. The molecular formula is C15H20FNO3. The molecular weight excluding hydrogens is 261 g/mol. The van der Waals surface area contributed by atoms with E-state index >= 15 is 0 Å². The lowest BCUT2D eigenvalue weighted by Gasteiger charge is -2.20. The van der Waals surface area contributed by atoms with Gasteiger partial charge in [0.25, 0.3) is 0 Å². The Bertz CT molecular complexity index is 512. The Labute approximate surface area is 118 Å². The summed E-state index contributed by atoms with van der Waals surface area (Å²) in [7, 11) is 0. The third kappa shape index (κ3) is 4.64. The maximum Gasteiger partial charge on any atom is 0.328 e. The van der Waals surface area contributed by atoms with Crippen LogP contribution in [0.3, 0.4) is 0 Å². The van der Waals surface area contributed by atoms with Gasteiger partial charge in [-0.1, -0.05) is 12.1 Å². The summed E-state index contributed by atoms with van der Waals surface area (Å²) in [5, 5.41) is 11.4. The van der Waals surface area contributed by atoms with Crippen molar-refractivity contribution >= 4 is 11.9 Å². The van der Waals surface area contributed by atoms with Crippen LogP contribution < -0.4 is 5.32 Å². The highest BCUT2D eigenvalue weighted by molar-refractivity contribution is 5.86. The van der Waals surface area contributed by atoms with Crippen molar-refractivity contribution in [3.8, 4) is 0 Å². The lowest BCUT2D eigenvalue weighted by molar-refractivity contribution is -0.146. The topological polar surface area (TPSA) is 66.4 Å². The van der Waals surface area contributed by atoms with E-state index in [1.54, 1.807) is 19.1 Å². The monoisotopic (exact) mass is 281 g/mol. The summed E-state index contributed by atoms with van der Waals surface area (Å²) in [5.41, 5.74) is 0.289. The molecule has 0 aromatic heterocycles. The van der Waals surface area contributed by atoms with Gasteiger partial charge in [-0.15, -0.1) is 0 Å². The van der Waals surface area contributed by atoms with Crippen molar-refractivity contribution < 1.29 is 19.1 Å². The Morgan fingerprint density at radius 1 is 1.35 bits per heavy atom. The molecule has 0 fully saturated rings. The van der Waals surface area contributed by atoms with Gasteiger partial charge in [-0.25, -0.2) is 9.18 Å². The molecule has 0 spiro atoms. The molecule has 0 bridgehead atoms. The van der Waals surface area contributed by atoms with Crippen molar-refractivity contribution in [2.75, 3.05) is 0 Å². The number of carboxylic acids is 1. The first-order valence-electron chi connectivity index (χ1n) is 6.52. The number of carbonyl (C=O) groups excluding carboxylic acids is 1. The Balaban J connectivity index is 2.42. The predicted octanol–water partition coefficient (Wildman–Crippen LogP) is 2.44. The number of benzene rings is 1. The molecule has 110 valence electrons. The molecule has 0 aliphatic heterocycles. The van der Waals surface area contributed by atoms with E-state index in [9.17, 15) is 14.0 Å². The van der Waals surface area contributed by atoms with Gasteiger partial charge in [-0.3, -0.25) is 4.79 Å². The maximum absolute atomic E-state index is 13.1. The quantitative estimate of drug-likeness (QED) is 0.841. The molecule has 0 atom stereocenters. The number of carbonyl (C=O) groups is 2. The average molecular weight is 281 g/mol. The molecule has 1 amide bonds. The molecule has 0 saturated heterocycles. The van der Waals surface area contributed by atoms with Crippen molar-refractivity contribution in [3.63, 3.8) is 0 Å². The van der Waals surface area contributed by atoms with Crippen molar-refractivity contribution in [2.24, 2.45) is 0 Å². The van der Waals surface area contributed by atoms with Gasteiger partial charge < -0.3 is 10.4 Å². The smallest absolute Gasteiger partial charge is 0.328 e. The highest BCUT2D eigenvalue weighted by atomic mass is 19.1. The van der Waals surface area contributed by atoms with E-state index in [0.29, 0.717) is 18.4 Å². The zero-order chi connectivity index (χ0) is 15.3. The van der Waals surface area contributed by atoms with Crippen LogP contribution in [0.4, 0.5) is 4.39 Å². The number of halogens is 1. The van der Waals surface area contributed by atoms with E-state index in [1.807, 2.05) is 0 Å². The first kappa shape index (κ1) is 16.1. The average Bonchev–Trinajstić information content (AvgIpc) is 2.33. The molecule has 0 unspecified atom stereocenters. The van der Waals surface area contributed by atoms with Crippen LogP contribution in [0.2, 0.25) is 0 Å². The third-order valence-corrected chi connectivity index (χ3v) is 3.08. The van der Waals surface area contributed by atoms with Crippen LogP contribution in [0, 0.1) is 12.7 Å². The zero-order valence-corrected chi connectivity index (χ0v) is 12.0. The second-order valence-electron chi connectivity index (χ2n) is 5.42. The van der Waals surface area contributed by atoms with Crippen LogP contribution in [0.15, 0.2) is 18.2 Å². The maximum atomic E-state index is 13.1. The normalized spacial score (nSPS) is 11.2. The minimum absolute atomic E-state index is 0.241. The summed E-state index contributed by atoms with van der Waals surface area (Å²) in [5.74, 6) is -1.61. The Morgan fingerprint density at radius 2 is 2.00 bits per heavy atom. The number of aryl methyl sites for hydroxylation is 2. The predicted molar refractivity (Wildman–Crippen MR) is 73.9 cm³/mol. The molecule has 1 aromatic carbocycles. The summed E-state index contributed by atoms with van der Waals surface area (Å²) in [6, 6.07) is 4.87. The summed E-state index contributed by atoms with van der Waals surface area (Å²) in [6.07, 6.45) is 1.49. The van der Waals surface area contributed by atoms with E-state index in [0.717, 1.165) is 5.56 Å². The van der Waals surface area contributed by atoms with Gasteiger partial charge in [0.05, 0.1) is 0 Å². The highest BCUT2D eigenvalue weighted by Crippen LogP contribution is 2.12. The Morgan fingerprint density at radius 3 is 2.55 bits per heavy atom. The fourth-order valence-electron chi connectivity index (χ4n) is 1.78. The number of aliphatic carboxylic acids is 1. The van der Waals surface area contributed by atoms with Gasteiger partial charge in [-0.05, 0) is 50.8 Å². The van der Waals surface area contributed by atoms with Gasteiger partial charge in [-0.2, -0.15) is 0 Å². The molecule has 5 heteroatoms. The Kier molecular flexibility index (Phi) is 5.25. The fourth-order valence-corrected chi connectivity index (χ4v) is 1.78. The van der Waals surface area contributed by atoms with Crippen LogP contribution in [0.25, 0.3) is 0 Å². The minimum atomic E-state index is -1.26. The molecule has 1 rings (SSSR count). The molecule has 20 heavy (non-hydrogen) atoms. The van der Waals surface area contributed by atoms with Crippen molar-refractivity contribution in [2.45, 2.75) is 45.6 Å². The van der Waals surface area contributed by atoms with Crippen molar-refractivity contribution in [3.05, 3.63) is 35.1 Å². The van der Waals surface area contributed by atoms with Crippen LogP contribution in [0.5, 0.6) is 0 Å². The molecule has 0 saturated carbocycles. The lowest BCUT2D eigenvalue weighted by atomic mass is 10.0. The number of amides is 1. The van der Waals surface area contributed by atoms with Gasteiger partial charge in [0.15, 0.2) is 0 Å². The van der Waals surface area contributed by atoms with Gasteiger partial charge in [0.2, 0.25) is 5.91 Å². The van der Waals surface area contributed by atoms with Crippen LogP contribution >= 0.6 is 0 Å². The van der Waals surface area contributed by atoms with E-state index in [1.165, 1.54) is 19.9 Å². The number of nitrogens with one attached hydrogen (secondary N) is 1. The zero-order valence-electron chi connectivity index (χ0n) is 12.0. The number of hydrogen-bond donors (Lipinski definition) is 2. The van der Waals surface area contributed by atoms with E-state index < -0.39 is 11.5 Å². The van der Waals surface area contributed by atoms with Crippen LogP contribution in [-0.2, 0) is 16.0 Å². The SMILES string of the molecule is Cc1cc(CCCC(=O)NC(C)(C)C(=O)O)ccc1F. The lowest BCUT2D eigenvalue weighted by Crippen LogP contribution is -2.49. The summed E-state index contributed by atoms with van der Waals surface area (Å²) in [4.78, 5) is 22.5. The molecule has 0 aliphatic carbocycles. The molecule has 0 heterocycles. The second kappa shape index (κ2) is 6.50. The number of hydrogen-bond acceptors (Lipinski definition) is 2. The number of carboxylic acid groups (broad SMARTS) is 1. The van der Waals surface area contributed by atoms with E-state index in [2.05, 4.69) is 5.32 Å². The second-order valence-corrected chi connectivity index (χ2v) is 5.42. The fraction of sp³-hybridized carbons (Fsp3) is 0.467. The standard InChI is InChI=1S/C15H20FNO3/c1-10-9-11(7-8-12(10)16)5-4-6-13(18)17-15(2,3)14(19)20/h7-9H,4-6H2,1-3H3,(H,17,18)(H,19,20). The summed E-state index contributed by atoms with van der Waals surface area (Å²) < 4.78 is 13.1. The van der Waals surface area contributed by atoms with Crippen LogP contribution in [0.1, 0.15) is 37.8 Å². The first-order chi connectivity index (χ1) is 9.22. The summed E-state index contributed by atoms with van der Waals surface area (Å²) >= 11 is 0. The largest absolute Gasteiger partial charge is 0.480 e. The molecule has 0 radical (unpaired) electrons. The molecule has 2 N–H and O–H groups in total. The molecule has 4 nitrogen and oxygen atoms in total. The molecule has 1 aromatic rings. The van der Waals surface area contributed by atoms with Crippen molar-refractivity contribution in [1.82, 2.24) is 5.32 Å². The highest BCUT2D eigenvalue weighted by Gasteiger charge is 2.28. The third-order valence-electron chi connectivity index (χ3n) is 3.08. The molecule has 0 aliphatic rings. The Hall–Kier alpha value is -1.91.